The average molecular weight is 232 g/mol. The summed E-state index contributed by atoms with van der Waals surface area (Å²) in [4.78, 5) is 0. The predicted octanol–water partition coefficient (Wildman–Crippen LogP) is -0.661. The van der Waals surface area contributed by atoms with Crippen LogP contribution in [0, 0.1) is 0 Å². The zero-order valence-corrected chi connectivity index (χ0v) is 9.79. The summed E-state index contributed by atoms with van der Waals surface area (Å²) in [5.41, 5.74) is 0.934. The SMILES string of the molecule is CCS(=O)(=O)CCNCc1cnnn1C. The molecule has 15 heavy (non-hydrogen) atoms. The lowest BCUT2D eigenvalue weighted by atomic mass is 10.4. The Hall–Kier alpha value is -0.950. The first-order chi connectivity index (χ1) is 7.05. The fourth-order valence-electron chi connectivity index (χ4n) is 1.06. The van der Waals surface area contributed by atoms with E-state index < -0.39 is 9.84 Å². The van der Waals surface area contributed by atoms with E-state index in [0.717, 1.165) is 5.69 Å². The highest BCUT2D eigenvalue weighted by Crippen LogP contribution is 1.92. The van der Waals surface area contributed by atoms with E-state index in [-0.39, 0.29) is 11.5 Å². The Labute approximate surface area is 89.6 Å². The molecule has 0 amide bonds. The van der Waals surface area contributed by atoms with Gasteiger partial charge in [0.2, 0.25) is 0 Å². The molecule has 0 saturated carbocycles. The van der Waals surface area contributed by atoms with E-state index in [0.29, 0.717) is 13.1 Å². The van der Waals surface area contributed by atoms with Gasteiger partial charge in [-0.15, -0.1) is 5.10 Å². The average Bonchev–Trinajstić information content (AvgIpc) is 2.59. The highest BCUT2D eigenvalue weighted by Gasteiger charge is 2.06. The number of aryl methyl sites for hydroxylation is 1. The second kappa shape index (κ2) is 5.22. The quantitative estimate of drug-likeness (QED) is 0.659. The van der Waals surface area contributed by atoms with Crippen LogP contribution in [0.1, 0.15) is 12.6 Å². The Balaban J connectivity index is 2.26. The predicted molar refractivity (Wildman–Crippen MR) is 57.0 cm³/mol. The number of rotatable bonds is 6. The molecule has 0 radical (unpaired) electrons. The minimum absolute atomic E-state index is 0.175. The van der Waals surface area contributed by atoms with Crippen molar-refractivity contribution in [2.45, 2.75) is 13.5 Å². The topological polar surface area (TPSA) is 76.9 Å². The second-order valence-electron chi connectivity index (χ2n) is 3.26. The van der Waals surface area contributed by atoms with E-state index in [1.165, 1.54) is 0 Å². The van der Waals surface area contributed by atoms with Gasteiger partial charge in [-0.05, 0) is 0 Å². The van der Waals surface area contributed by atoms with Crippen molar-refractivity contribution in [2.24, 2.45) is 7.05 Å². The van der Waals surface area contributed by atoms with Gasteiger partial charge < -0.3 is 5.32 Å². The maximum Gasteiger partial charge on any atom is 0.151 e. The minimum Gasteiger partial charge on any atom is -0.310 e. The molecule has 0 atom stereocenters. The van der Waals surface area contributed by atoms with Crippen LogP contribution in [0.15, 0.2) is 6.20 Å². The van der Waals surface area contributed by atoms with E-state index in [2.05, 4.69) is 15.6 Å². The van der Waals surface area contributed by atoms with Crippen LogP contribution in [0.2, 0.25) is 0 Å². The summed E-state index contributed by atoms with van der Waals surface area (Å²) < 4.78 is 24.0. The molecule has 0 unspecified atom stereocenters. The highest BCUT2D eigenvalue weighted by atomic mass is 32.2. The van der Waals surface area contributed by atoms with E-state index in [1.54, 1.807) is 24.9 Å². The first-order valence-corrected chi connectivity index (χ1v) is 6.62. The molecule has 1 rings (SSSR count). The van der Waals surface area contributed by atoms with Crippen LogP contribution in [0.3, 0.4) is 0 Å². The molecule has 1 heterocycles. The molecule has 7 heteroatoms. The molecule has 0 aromatic carbocycles. The van der Waals surface area contributed by atoms with Gasteiger partial charge in [-0.1, -0.05) is 12.1 Å². The van der Waals surface area contributed by atoms with E-state index in [4.69, 9.17) is 0 Å². The van der Waals surface area contributed by atoms with Crippen molar-refractivity contribution in [2.75, 3.05) is 18.1 Å². The first-order valence-electron chi connectivity index (χ1n) is 4.80. The standard InChI is InChI=1S/C8H16N4O2S/c1-3-15(13,14)5-4-9-6-8-7-10-11-12(8)2/h7,9H,3-6H2,1-2H3. The lowest BCUT2D eigenvalue weighted by Gasteiger charge is -2.04. The van der Waals surface area contributed by atoms with Gasteiger partial charge in [0.1, 0.15) is 0 Å². The molecule has 86 valence electrons. The number of aromatic nitrogens is 3. The second-order valence-corrected chi connectivity index (χ2v) is 5.73. The van der Waals surface area contributed by atoms with Gasteiger partial charge in [-0.3, -0.25) is 4.68 Å². The van der Waals surface area contributed by atoms with Gasteiger partial charge in [-0.2, -0.15) is 0 Å². The smallest absolute Gasteiger partial charge is 0.151 e. The third kappa shape index (κ3) is 3.96. The van der Waals surface area contributed by atoms with Crippen molar-refractivity contribution >= 4 is 9.84 Å². The van der Waals surface area contributed by atoms with Crippen LogP contribution in [0.4, 0.5) is 0 Å². The van der Waals surface area contributed by atoms with Crippen LogP contribution in [0.25, 0.3) is 0 Å². The minimum atomic E-state index is -2.87. The third-order valence-electron chi connectivity index (χ3n) is 2.14. The molecule has 0 saturated heterocycles. The molecular weight excluding hydrogens is 216 g/mol. The van der Waals surface area contributed by atoms with Gasteiger partial charge in [-0.25, -0.2) is 8.42 Å². The zero-order chi connectivity index (χ0) is 11.3. The van der Waals surface area contributed by atoms with Crippen LogP contribution < -0.4 is 5.32 Å². The molecule has 1 aromatic heterocycles. The van der Waals surface area contributed by atoms with E-state index in [1.807, 2.05) is 0 Å². The number of nitrogens with one attached hydrogen (secondary N) is 1. The first kappa shape index (κ1) is 12.1. The van der Waals surface area contributed by atoms with Crippen molar-refractivity contribution in [3.8, 4) is 0 Å². The van der Waals surface area contributed by atoms with E-state index >= 15 is 0 Å². The molecule has 0 bridgehead atoms. The Morgan fingerprint density at radius 3 is 2.80 bits per heavy atom. The van der Waals surface area contributed by atoms with Gasteiger partial charge in [0.15, 0.2) is 9.84 Å². The molecule has 1 aromatic rings. The fraction of sp³-hybridized carbons (Fsp3) is 0.750. The summed E-state index contributed by atoms with van der Waals surface area (Å²) in [5, 5.41) is 10.5. The Morgan fingerprint density at radius 1 is 1.53 bits per heavy atom. The van der Waals surface area contributed by atoms with Crippen molar-refractivity contribution in [1.29, 1.82) is 0 Å². The fourth-order valence-corrected chi connectivity index (χ4v) is 1.80. The van der Waals surface area contributed by atoms with Crippen molar-refractivity contribution in [3.05, 3.63) is 11.9 Å². The molecule has 0 fully saturated rings. The Morgan fingerprint density at radius 2 is 2.27 bits per heavy atom. The van der Waals surface area contributed by atoms with Crippen LogP contribution in [0.5, 0.6) is 0 Å². The molecule has 0 aliphatic carbocycles. The van der Waals surface area contributed by atoms with Crippen LogP contribution in [-0.2, 0) is 23.4 Å². The maximum absolute atomic E-state index is 11.2. The summed E-state index contributed by atoms with van der Waals surface area (Å²) >= 11 is 0. The number of hydrogen-bond donors (Lipinski definition) is 1. The van der Waals surface area contributed by atoms with Gasteiger partial charge in [0.25, 0.3) is 0 Å². The highest BCUT2D eigenvalue weighted by molar-refractivity contribution is 7.91. The van der Waals surface area contributed by atoms with Gasteiger partial charge in [0.05, 0.1) is 17.6 Å². The zero-order valence-electron chi connectivity index (χ0n) is 8.97. The molecule has 0 spiro atoms. The van der Waals surface area contributed by atoms with Crippen LogP contribution >= 0.6 is 0 Å². The summed E-state index contributed by atoms with van der Waals surface area (Å²) in [5.74, 6) is 0.372. The van der Waals surface area contributed by atoms with Gasteiger partial charge >= 0.3 is 0 Å². The normalized spacial score (nSPS) is 11.9. The molecule has 6 nitrogen and oxygen atoms in total. The van der Waals surface area contributed by atoms with Gasteiger partial charge in [0, 0.05) is 25.9 Å². The summed E-state index contributed by atoms with van der Waals surface area (Å²) in [6.07, 6.45) is 1.65. The Bertz CT molecular complexity index is 399. The number of sulfone groups is 1. The molecular formula is C8H16N4O2S. The molecule has 1 N–H and O–H groups in total. The van der Waals surface area contributed by atoms with E-state index in [9.17, 15) is 8.42 Å². The van der Waals surface area contributed by atoms with Crippen molar-refractivity contribution in [3.63, 3.8) is 0 Å². The van der Waals surface area contributed by atoms with Crippen LogP contribution in [-0.4, -0.2) is 41.5 Å². The van der Waals surface area contributed by atoms with Crippen molar-refractivity contribution < 1.29 is 8.42 Å². The summed E-state index contributed by atoms with van der Waals surface area (Å²) in [6.45, 7) is 2.70. The lowest BCUT2D eigenvalue weighted by molar-refractivity contribution is 0.588. The lowest BCUT2D eigenvalue weighted by Crippen LogP contribution is -2.24. The largest absolute Gasteiger partial charge is 0.310 e. The molecule has 0 aliphatic heterocycles. The summed E-state index contributed by atoms with van der Waals surface area (Å²) in [7, 11) is -1.07. The van der Waals surface area contributed by atoms with Crippen molar-refractivity contribution in [1.82, 2.24) is 20.3 Å². The summed E-state index contributed by atoms with van der Waals surface area (Å²) in [6, 6.07) is 0. The number of nitrogens with zero attached hydrogens (tertiary/aromatic N) is 3. The third-order valence-corrected chi connectivity index (χ3v) is 3.85. The molecule has 0 aliphatic rings. The monoisotopic (exact) mass is 232 g/mol. The Kier molecular flexibility index (Phi) is 4.22. The maximum atomic E-state index is 11.2. The number of hydrogen-bond acceptors (Lipinski definition) is 5.